The largest absolute Gasteiger partial charge is 0.401 e. The second-order valence-corrected chi connectivity index (χ2v) is 1.73. The predicted molar refractivity (Wildman–Crippen MR) is 31.6 cm³/mol. The lowest BCUT2D eigenvalue weighted by Gasteiger charge is -1.95. The summed E-state index contributed by atoms with van der Waals surface area (Å²) >= 11 is 0. The Morgan fingerprint density at radius 1 is 1.43 bits per heavy atom. The first-order valence-corrected chi connectivity index (χ1v) is 2.30. The van der Waals surface area contributed by atoms with Gasteiger partial charge in [-0.3, -0.25) is 0 Å². The third-order valence-corrected chi connectivity index (χ3v) is 0.862. The summed E-state index contributed by atoms with van der Waals surface area (Å²) in [6.07, 6.45) is 0. The molecule has 0 fully saturated rings. The van der Waals surface area contributed by atoms with Crippen LogP contribution in [0.2, 0.25) is 0 Å². The van der Waals surface area contributed by atoms with Crippen molar-refractivity contribution >= 4 is 0 Å². The van der Waals surface area contributed by atoms with E-state index < -0.39 is 0 Å². The zero-order chi connectivity index (χ0) is 5.86. The molecular weight excluding hydrogens is 88.1 g/mol. The van der Waals surface area contributed by atoms with E-state index in [4.69, 9.17) is 11.5 Å². The third kappa shape index (κ3) is 2.23. The van der Waals surface area contributed by atoms with Gasteiger partial charge in [0.05, 0.1) is 0 Å². The van der Waals surface area contributed by atoms with Crippen molar-refractivity contribution in [3.8, 4) is 0 Å². The fourth-order valence-corrected chi connectivity index (χ4v) is 0.204. The summed E-state index contributed by atoms with van der Waals surface area (Å²) < 4.78 is 0. The van der Waals surface area contributed by atoms with Gasteiger partial charge in [0, 0.05) is 12.2 Å². The molecule has 0 aliphatic rings. The minimum atomic E-state index is 0.475. The summed E-state index contributed by atoms with van der Waals surface area (Å²) in [5.41, 5.74) is 12.5. The van der Waals surface area contributed by atoms with Crippen molar-refractivity contribution in [2.45, 2.75) is 13.8 Å². The number of hydrogen-bond donors (Lipinski definition) is 2. The van der Waals surface area contributed by atoms with E-state index in [1.807, 2.05) is 13.8 Å². The molecule has 0 saturated heterocycles. The van der Waals surface area contributed by atoms with Crippen LogP contribution in [0.5, 0.6) is 0 Å². The number of rotatable bonds is 1. The van der Waals surface area contributed by atoms with Crippen molar-refractivity contribution in [1.29, 1.82) is 0 Å². The van der Waals surface area contributed by atoms with Gasteiger partial charge >= 0.3 is 0 Å². The summed E-state index contributed by atoms with van der Waals surface area (Å²) in [5.74, 6) is 0. The van der Waals surface area contributed by atoms with Crippen LogP contribution in [0.1, 0.15) is 13.8 Å². The Bertz CT molecular complexity index is 80.1. The average molecular weight is 100 g/mol. The molecule has 0 spiro atoms. The maximum Gasteiger partial charge on any atom is 0.0326 e. The minimum absolute atomic E-state index is 0.475. The highest BCUT2D eigenvalue weighted by molar-refractivity contribution is 5.05. The normalized spacial score (nSPS) is 8.43. The van der Waals surface area contributed by atoms with E-state index in [1.54, 1.807) is 0 Å². The van der Waals surface area contributed by atoms with E-state index in [-0.39, 0.29) is 0 Å². The molecule has 0 heterocycles. The number of allylic oxidation sites excluding steroid dienone is 1. The highest BCUT2D eigenvalue weighted by Gasteiger charge is 1.83. The summed E-state index contributed by atoms with van der Waals surface area (Å²) in [7, 11) is 0. The molecule has 0 amide bonds. The van der Waals surface area contributed by atoms with Crippen molar-refractivity contribution in [2.24, 2.45) is 11.5 Å². The van der Waals surface area contributed by atoms with Crippen molar-refractivity contribution in [3.05, 3.63) is 11.3 Å². The molecule has 0 radical (unpaired) electrons. The Balaban J connectivity index is 3.72. The molecule has 0 bridgehead atoms. The molecule has 2 heteroatoms. The molecule has 2 nitrogen and oxygen atoms in total. The maximum absolute atomic E-state index is 5.37. The topological polar surface area (TPSA) is 52.0 Å². The van der Waals surface area contributed by atoms with Gasteiger partial charge in [-0.2, -0.15) is 0 Å². The molecule has 0 atom stereocenters. The van der Waals surface area contributed by atoms with E-state index in [0.29, 0.717) is 6.54 Å². The molecule has 0 aromatic heterocycles. The van der Waals surface area contributed by atoms with E-state index in [1.165, 1.54) is 0 Å². The fourth-order valence-electron chi connectivity index (χ4n) is 0.204. The van der Waals surface area contributed by atoms with Crippen molar-refractivity contribution < 1.29 is 0 Å². The Labute approximate surface area is 44.2 Å². The van der Waals surface area contributed by atoms with Crippen LogP contribution in [-0.4, -0.2) is 6.54 Å². The second-order valence-electron chi connectivity index (χ2n) is 1.73. The summed E-state index contributed by atoms with van der Waals surface area (Å²) in [4.78, 5) is 0. The highest BCUT2D eigenvalue weighted by atomic mass is 14.7. The number of hydrogen-bond acceptors (Lipinski definition) is 2. The Hall–Kier alpha value is -0.500. The summed E-state index contributed by atoms with van der Waals surface area (Å²) in [6, 6.07) is 0. The molecule has 0 saturated carbocycles. The average Bonchev–Trinajstić information content (AvgIpc) is 1.65. The molecule has 0 rings (SSSR count). The smallest absolute Gasteiger partial charge is 0.0326 e. The molecule has 0 unspecified atom stereocenters. The zero-order valence-electron chi connectivity index (χ0n) is 4.86. The fraction of sp³-hybridized carbons (Fsp3) is 0.600. The quantitative estimate of drug-likeness (QED) is 0.494. The number of nitrogens with two attached hydrogens (primary N) is 2. The summed E-state index contributed by atoms with van der Waals surface area (Å²) in [6.45, 7) is 4.37. The first-order valence-electron chi connectivity index (χ1n) is 2.30. The monoisotopic (exact) mass is 100 g/mol. The van der Waals surface area contributed by atoms with Crippen LogP contribution in [0.3, 0.4) is 0 Å². The van der Waals surface area contributed by atoms with Crippen LogP contribution in [0, 0.1) is 0 Å². The molecule has 0 aromatic rings. The van der Waals surface area contributed by atoms with Gasteiger partial charge < -0.3 is 11.5 Å². The first kappa shape index (κ1) is 6.50. The predicted octanol–water partition coefficient (Wildman–Crippen LogP) is 0.198. The van der Waals surface area contributed by atoms with Crippen LogP contribution in [-0.2, 0) is 0 Å². The van der Waals surface area contributed by atoms with Crippen LogP contribution < -0.4 is 11.5 Å². The van der Waals surface area contributed by atoms with E-state index in [9.17, 15) is 0 Å². The maximum atomic E-state index is 5.37. The van der Waals surface area contributed by atoms with Crippen LogP contribution in [0.15, 0.2) is 11.3 Å². The van der Waals surface area contributed by atoms with Crippen molar-refractivity contribution in [2.75, 3.05) is 6.54 Å². The van der Waals surface area contributed by atoms with Gasteiger partial charge in [0.15, 0.2) is 0 Å². The van der Waals surface area contributed by atoms with Crippen molar-refractivity contribution in [3.63, 3.8) is 0 Å². The highest BCUT2D eigenvalue weighted by Crippen LogP contribution is 1.90. The molecule has 4 N–H and O–H groups in total. The van der Waals surface area contributed by atoms with Gasteiger partial charge in [-0.25, -0.2) is 0 Å². The lowest BCUT2D eigenvalue weighted by atomic mass is 10.3. The standard InChI is InChI=1S/C5H12N2/c1-4(2)5(7)3-6/h3,6-7H2,1-2H3. The first-order chi connectivity index (χ1) is 3.18. The Morgan fingerprint density at radius 3 is 1.86 bits per heavy atom. The van der Waals surface area contributed by atoms with Gasteiger partial charge in [0.2, 0.25) is 0 Å². The third-order valence-electron chi connectivity index (χ3n) is 0.862. The SMILES string of the molecule is CC(C)=C(N)CN. The van der Waals surface area contributed by atoms with Gasteiger partial charge in [0.1, 0.15) is 0 Å². The molecule has 0 aromatic carbocycles. The van der Waals surface area contributed by atoms with E-state index in [0.717, 1.165) is 11.3 Å². The van der Waals surface area contributed by atoms with Gasteiger partial charge in [-0.15, -0.1) is 0 Å². The van der Waals surface area contributed by atoms with E-state index in [2.05, 4.69) is 0 Å². The molecule has 0 aliphatic heterocycles. The van der Waals surface area contributed by atoms with Crippen molar-refractivity contribution in [1.82, 2.24) is 0 Å². The van der Waals surface area contributed by atoms with E-state index >= 15 is 0 Å². The van der Waals surface area contributed by atoms with Crippen LogP contribution in [0.4, 0.5) is 0 Å². The molecular formula is C5H12N2. The Morgan fingerprint density at radius 2 is 1.86 bits per heavy atom. The molecule has 0 aliphatic carbocycles. The molecule has 7 heavy (non-hydrogen) atoms. The minimum Gasteiger partial charge on any atom is -0.401 e. The van der Waals surface area contributed by atoms with Crippen LogP contribution in [0.25, 0.3) is 0 Å². The Kier molecular flexibility index (Phi) is 2.45. The van der Waals surface area contributed by atoms with Gasteiger partial charge in [0.25, 0.3) is 0 Å². The second kappa shape index (κ2) is 2.64. The lowest BCUT2D eigenvalue weighted by Crippen LogP contribution is -2.12. The van der Waals surface area contributed by atoms with Crippen LogP contribution >= 0.6 is 0 Å². The lowest BCUT2D eigenvalue weighted by molar-refractivity contribution is 1.06. The van der Waals surface area contributed by atoms with Gasteiger partial charge in [-0.05, 0) is 13.8 Å². The van der Waals surface area contributed by atoms with Gasteiger partial charge in [-0.1, -0.05) is 5.57 Å². The summed E-state index contributed by atoms with van der Waals surface area (Å²) in [5, 5.41) is 0. The molecule has 42 valence electrons. The zero-order valence-corrected chi connectivity index (χ0v) is 4.86.